The normalized spacial score (nSPS) is 15.3. The fourth-order valence-electron chi connectivity index (χ4n) is 4.35. The predicted molar refractivity (Wildman–Crippen MR) is 160 cm³/mol. The van der Waals surface area contributed by atoms with Gasteiger partial charge >= 0.3 is 20.0 Å². The Bertz CT molecular complexity index is 1260. The number of ether oxygens (including phenoxy) is 2. The molecule has 1 N–H and O–H groups in total. The van der Waals surface area contributed by atoms with Crippen LogP contribution < -0.4 is 0 Å². The van der Waals surface area contributed by atoms with E-state index in [0.29, 0.717) is 11.0 Å². The Balaban J connectivity index is 1.94. The summed E-state index contributed by atoms with van der Waals surface area (Å²) in [6.45, 7) is 0.111. The Morgan fingerprint density at radius 3 is 1.68 bits per heavy atom. The minimum Gasteiger partial charge on any atom is -0.457 e. The van der Waals surface area contributed by atoms with E-state index in [4.69, 9.17) is 18.5 Å². The van der Waals surface area contributed by atoms with Crippen LogP contribution in [0.4, 0.5) is 13.2 Å². The summed E-state index contributed by atoms with van der Waals surface area (Å²) in [4.78, 5) is 22.9. The van der Waals surface area contributed by atoms with Gasteiger partial charge in [0, 0.05) is 0 Å². The van der Waals surface area contributed by atoms with Crippen molar-refractivity contribution in [3.8, 4) is 0 Å². The van der Waals surface area contributed by atoms with Crippen molar-refractivity contribution >= 4 is 13.8 Å². The van der Waals surface area contributed by atoms with Crippen LogP contribution in [0, 0.1) is 5.92 Å². The van der Waals surface area contributed by atoms with E-state index in [9.17, 15) is 27.4 Å². The number of phosphoric ester groups is 1. The van der Waals surface area contributed by atoms with Gasteiger partial charge in [-0.2, -0.15) is 13.2 Å². The van der Waals surface area contributed by atoms with E-state index in [1.807, 2.05) is 112 Å². The van der Waals surface area contributed by atoms with E-state index >= 15 is 0 Å². The number of likely N-dealkylation sites (N-methyl/N-ethyl adjacent to an activating group) is 1. The van der Waals surface area contributed by atoms with Crippen LogP contribution in [-0.4, -0.2) is 75.1 Å². The van der Waals surface area contributed by atoms with Gasteiger partial charge in [0.25, 0.3) is 0 Å². The van der Waals surface area contributed by atoms with E-state index in [2.05, 4.69) is 0 Å². The molecule has 3 atom stereocenters. The number of alkyl halides is 3. The Hall–Kier alpha value is -3.05. The summed E-state index contributed by atoms with van der Waals surface area (Å²) in [6, 6.07) is 27.8. The van der Waals surface area contributed by atoms with Crippen LogP contribution in [-0.2, 0) is 33.5 Å². The van der Waals surface area contributed by atoms with Crippen LogP contribution in [0.5, 0.6) is 0 Å². The third-order valence-electron chi connectivity index (χ3n) is 6.80. The first-order valence-electron chi connectivity index (χ1n) is 14.1. The fraction of sp³-hybridized carbons (Fsp3) is 0.406. The number of carbonyl (C=O) groups excluding carboxylic acids is 1. The zero-order valence-electron chi connectivity index (χ0n) is 25.3. The lowest BCUT2D eigenvalue weighted by Crippen LogP contribution is -2.38. The number of nitrogens with zero attached hydrogens (tertiary/aromatic N) is 1. The molecule has 240 valence electrons. The van der Waals surface area contributed by atoms with Gasteiger partial charge in [-0.15, -0.1) is 0 Å². The zero-order chi connectivity index (χ0) is 32.4. The molecule has 0 fully saturated rings. The summed E-state index contributed by atoms with van der Waals surface area (Å²) >= 11 is 0. The maximum Gasteiger partial charge on any atom is 0.472 e. The first kappa shape index (κ1) is 35.4. The molecular formula is C32H40F3NO7P+. The largest absolute Gasteiger partial charge is 0.472 e. The summed E-state index contributed by atoms with van der Waals surface area (Å²) in [5, 5.41) is 0. The number of rotatable bonds is 16. The number of phosphoric acid groups is 1. The number of hydrogen-bond donors (Lipinski definition) is 1. The zero-order valence-corrected chi connectivity index (χ0v) is 26.2. The summed E-state index contributed by atoms with van der Waals surface area (Å²) in [5.74, 6) is -3.12. The minimum absolute atomic E-state index is 0.0968. The molecule has 44 heavy (non-hydrogen) atoms. The van der Waals surface area contributed by atoms with E-state index in [1.165, 1.54) is 0 Å². The number of halogens is 3. The van der Waals surface area contributed by atoms with E-state index in [1.54, 1.807) is 0 Å². The molecule has 3 rings (SSSR count). The van der Waals surface area contributed by atoms with Crippen molar-refractivity contribution in [2.45, 2.75) is 31.2 Å². The van der Waals surface area contributed by atoms with Gasteiger partial charge in [0.2, 0.25) is 0 Å². The highest BCUT2D eigenvalue weighted by Gasteiger charge is 2.40. The van der Waals surface area contributed by atoms with Gasteiger partial charge in [0.1, 0.15) is 24.9 Å². The minimum atomic E-state index is -4.61. The quantitative estimate of drug-likeness (QED) is 0.0848. The van der Waals surface area contributed by atoms with Crippen molar-refractivity contribution in [2.75, 3.05) is 47.5 Å². The fourth-order valence-corrected chi connectivity index (χ4v) is 5.09. The maximum atomic E-state index is 13.2. The molecule has 0 aliphatic heterocycles. The van der Waals surface area contributed by atoms with Gasteiger partial charge in [-0.05, 0) is 16.7 Å². The molecule has 0 aliphatic carbocycles. The average molecular weight is 639 g/mol. The topological polar surface area (TPSA) is 91.3 Å². The van der Waals surface area contributed by atoms with Crippen LogP contribution in [0.15, 0.2) is 91.0 Å². The van der Waals surface area contributed by atoms with Crippen molar-refractivity contribution in [1.82, 2.24) is 0 Å². The van der Waals surface area contributed by atoms with Gasteiger partial charge in [-0.3, -0.25) is 13.8 Å². The highest BCUT2D eigenvalue weighted by Crippen LogP contribution is 2.44. The van der Waals surface area contributed by atoms with Crippen LogP contribution in [0.1, 0.15) is 30.0 Å². The van der Waals surface area contributed by atoms with Crippen LogP contribution >= 0.6 is 7.82 Å². The molecule has 8 nitrogen and oxygen atoms in total. The van der Waals surface area contributed by atoms with Crippen molar-refractivity contribution in [2.24, 2.45) is 5.92 Å². The highest BCUT2D eigenvalue weighted by atomic mass is 31.2. The Labute approximate surface area is 256 Å². The predicted octanol–water partition coefficient (Wildman–Crippen LogP) is 6.34. The van der Waals surface area contributed by atoms with Crippen molar-refractivity contribution in [3.05, 3.63) is 108 Å². The lowest BCUT2D eigenvalue weighted by atomic mass is 9.80. The Morgan fingerprint density at radius 1 is 0.818 bits per heavy atom. The number of esters is 1. The second-order valence-corrected chi connectivity index (χ2v) is 12.9. The van der Waals surface area contributed by atoms with Crippen molar-refractivity contribution in [1.29, 1.82) is 0 Å². The summed E-state index contributed by atoms with van der Waals surface area (Å²) in [7, 11) is 1.02. The van der Waals surface area contributed by atoms with E-state index in [0.717, 1.165) is 23.6 Å². The third kappa shape index (κ3) is 10.5. The highest BCUT2D eigenvalue weighted by molar-refractivity contribution is 7.47. The van der Waals surface area contributed by atoms with Crippen LogP contribution in [0.2, 0.25) is 0 Å². The van der Waals surface area contributed by atoms with Gasteiger partial charge in [0.15, 0.2) is 0 Å². The second-order valence-electron chi connectivity index (χ2n) is 11.5. The Morgan fingerprint density at radius 2 is 1.27 bits per heavy atom. The molecule has 0 radical (unpaired) electrons. The average Bonchev–Trinajstić information content (AvgIpc) is 2.96. The number of hydrogen-bond acceptors (Lipinski definition) is 6. The molecule has 0 saturated heterocycles. The lowest BCUT2D eigenvalue weighted by molar-refractivity contribution is -0.870. The summed E-state index contributed by atoms with van der Waals surface area (Å²) in [5.41, 5.74) is 0.930. The lowest BCUT2D eigenvalue weighted by Gasteiger charge is -2.37. The summed E-state index contributed by atoms with van der Waals surface area (Å²) in [6.07, 6.45) is -6.91. The SMILES string of the molecule is CC(CC(=O)O[C@H](COC(c1ccccc1)(c1ccccc1)c1ccccc1)COP(=O)(O)OCC[N+](C)(C)C)C(F)(F)F. The molecule has 2 unspecified atom stereocenters. The van der Waals surface area contributed by atoms with Gasteiger partial charge in [-0.25, -0.2) is 4.57 Å². The van der Waals surface area contributed by atoms with E-state index in [-0.39, 0.29) is 6.61 Å². The molecule has 0 aromatic heterocycles. The first-order valence-corrected chi connectivity index (χ1v) is 15.6. The first-order chi connectivity index (χ1) is 20.6. The summed E-state index contributed by atoms with van der Waals surface area (Å²) < 4.78 is 74.9. The number of quaternary nitrogens is 1. The molecule has 3 aromatic rings. The molecule has 3 aromatic carbocycles. The van der Waals surface area contributed by atoms with E-state index < -0.39 is 57.2 Å². The monoisotopic (exact) mass is 638 g/mol. The van der Waals surface area contributed by atoms with Gasteiger partial charge in [-0.1, -0.05) is 97.9 Å². The van der Waals surface area contributed by atoms with Crippen LogP contribution in [0.25, 0.3) is 0 Å². The molecule has 0 saturated carbocycles. The molecule has 0 spiro atoms. The van der Waals surface area contributed by atoms with Gasteiger partial charge in [0.05, 0.1) is 46.7 Å². The standard InChI is InChI=1S/C32H39F3NO7P/c1-25(32(33,34)35)22-30(37)43-29(24-42-44(38,39)41-21-20-36(2,3)4)23-40-31(26-14-8-5-9-15-26,27-16-10-6-11-17-27)28-18-12-7-13-19-28/h5-19,25,29H,20-24H2,1-4H3/p+1/t25?,29-/m1/s1. The molecule has 0 heterocycles. The maximum absolute atomic E-state index is 13.2. The molecule has 0 amide bonds. The molecule has 12 heteroatoms. The molecular weight excluding hydrogens is 598 g/mol. The third-order valence-corrected chi connectivity index (χ3v) is 7.78. The Kier molecular flexibility index (Phi) is 12.3. The number of carbonyl (C=O) groups is 1. The number of benzene rings is 3. The van der Waals surface area contributed by atoms with Gasteiger partial charge < -0.3 is 18.9 Å². The van der Waals surface area contributed by atoms with Crippen molar-refractivity contribution < 1.29 is 50.4 Å². The second kappa shape index (κ2) is 15.3. The van der Waals surface area contributed by atoms with Crippen molar-refractivity contribution in [3.63, 3.8) is 0 Å². The van der Waals surface area contributed by atoms with Crippen LogP contribution in [0.3, 0.4) is 0 Å². The molecule has 0 bridgehead atoms. The smallest absolute Gasteiger partial charge is 0.457 e. The molecule has 0 aliphatic rings.